The van der Waals surface area contributed by atoms with Crippen molar-refractivity contribution < 1.29 is 9.90 Å². The molecular formula is C14H19BrN2O2. The summed E-state index contributed by atoms with van der Waals surface area (Å²) < 4.78 is 0.797. The second-order valence-electron chi connectivity index (χ2n) is 4.91. The van der Waals surface area contributed by atoms with Crippen molar-refractivity contribution in [2.24, 2.45) is 0 Å². The molecule has 0 spiro atoms. The molecule has 104 valence electrons. The van der Waals surface area contributed by atoms with Gasteiger partial charge in [0.2, 0.25) is 0 Å². The molecule has 19 heavy (non-hydrogen) atoms. The molecule has 1 saturated carbocycles. The van der Waals surface area contributed by atoms with E-state index in [2.05, 4.69) is 20.9 Å². The summed E-state index contributed by atoms with van der Waals surface area (Å²) in [4.78, 5) is 18.4. The van der Waals surface area contributed by atoms with Crippen LogP contribution in [0.2, 0.25) is 0 Å². The van der Waals surface area contributed by atoms with Crippen LogP contribution in [0.4, 0.5) is 0 Å². The van der Waals surface area contributed by atoms with Crippen LogP contribution in [0.5, 0.6) is 0 Å². The zero-order valence-corrected chi connectivity index (χ0v) is 12.5. The van der Waals surface area contributed by atoms with Crippen LogP contribution in [0.3, 0.4) is 0 Å². The minimum Gasteiger partial charge on any atom is -0.395 e. The van der Waals surface area contributed by atoms with Crippen LogP contribution in [-0.4, -0.2) is 40.1 Å². The van der Waals surface area contributed by atoms with Crippen LogP contribution in [0.1, 0.15) is 42.5 Å². The van der Waals surface area contributed by atoms with Crippen LogP contribution < -0.4 is 0 Å². The van der Waals surface area contributed by atoms with Crippen molar-refractivity contribution in [1.82, 2.24) is 9.88 Å². The van der Waals surface area contributed by atoms with E-state index in [-0.39, 0.29) is 18.6 Å². The van der Waals surface area contributed by atoms with Crippen LogP contribution in [0.25, 0.3) is 0 Å². The molecule has 2 rings (SSSR count). The normalized spacial score (nSPS) is 16.3. The van der Waals surface area contributed by atoms with E-state index >= 15 is 0 Å². The predicted molar refractivity (Wildman–Crippen MR) is 76.9 cm³/mol. The third-order valence-corrected chi connectivity index (χ3v) is 4.00. The van der Waals surface area contributed by atoms with Gasteiger partial charge in [-0.1, -0.05) is 19.3 Å². The summed E-state index contributed by atoms with van der Waals surface area (Å²) in [6, 6.07) is 2.04. The first-order valence-corrected chi connectivity index (χ1v) is 7.54. The monoisotopic (exact) mass is 326 g/mol. The lowest BCUT2D eigenvalue weighted by Gasteiger charge is -2.34. The van der Waals surface area contributed by atoms with Gasteiger partial charge in [0.05, 0.1) is 12.2 Å². The van der Waals surface area contributed by atoms with Crippen molar-refractivity contribution in [3.63, 3.8) is 0 Å². The highest BCUT2D eigenvalue weighted by atomic mass is 79.9. The van der Waals surface area contributed by atoms with Gasteiger partial charge >= 0.3 is 0 Å². The maximum absolute atomic E-state index is 12.5. The maximum Gasteiger partial charge on any atom is 0.255 e. The summed E-state index contributed by atoms with van der Waals surface area (Å²) in [5.41, 5.74) is 0.577. The Morgan fingerprint density at radius 2 is 2.11 bits per heavy atom. The van der Waals surface area contributed by atoms with Crippen molar-refractivity contribution in [3.8, 4) is 0 Å². The molecule has 5 heteroatoms. The molecule has 1 N–H and O–H groups in total. The standard InChI is InChI=1S/C14H19BrN2O2/c15-12-8-11(9-16-10-12)14(19)17(6-7-18)13-4-2-1-3-5-13/h8-10,13,18H,1-7H2. The summed E-state index contributed by atoms with van der Waals surface area (Å²) in [6.07, 6.45) is 8.89. The van der Waals surface area contributed by atoms with Gasteiger partial charge in [-0.3, -0.25) is 9.78 Å². The lowest BCUT2D eigenvalue weighted by atomic mass is 9.94. The molecule has 1 aliphatic carbocycles. The Kier molecular flexibility index (Phi) is 5.34. The second-order valence-corrected chi connectivity index (χ2v) is 5.82. The van der Waals surface area contributed by atoms with E-state index in [1.165, 1.54) is 6.42 Å². The van der Waals surface area contributed by atoms with Gasteiger partial charge in [-0.05, 0) is 34.8 Å². The smallest absolute Gasteiger partial charge is 0.255 e. The summed E-state index contributed by atoms with van der Waals surface area (Å²) in [5.74, 6) is -0.0326. The van der Waals surface area contributed by atoms with E-state index in [1.807, 2.05) is 4.90 Å². The summed E-state index contributed by atoms with van der Waals surface area (Å²) >= 11 is 3.33. The SMILES string of the molecule is O=C(c1cncc(Br)c1)N(CCO)C1CCCCC1. The number of nitrogens with zero attached hydrogens (tertiary/aromatic N) is 2. The van der Waals surface area contributed by atoms with Crippen LogP contribution >= 0.6 is 15.9 Å². The van der Waals surface area contributed by atoms with Crippen LogP contribution in [-0.2, 0) is 0 Å². The number of rotatable bonds is 4. The highest BCUT2D eigenvalue weighted by Gasteiger charge is 2.26. The molecule has 0 aliphatic heterocycles. The van der Waals surface area contributed by atoms with Crippen molar-refractivity contribution >= 4 is 21.8 Å². The van der Waals surface area contributed by atoms with Crippen LogP contribution in [0, 0.1) is 0 Å². The topological polar surface area (TPSA) is 53.4 Å². The molecular weight excluding hydrogens is 308 g/mol. The molecule has 1 fully saturated rings. The third-order valence-electron chi connectivity index (χ3n) is 3.57. The first kappa shape index (κ1) is 14.5. The average Bonchev–Trinajstić information content (AvgIpc) is 2.45. The molecule has 0 radical (unpaired) electrons. The molecule has 0 aromatic carbocycles. The Morgan fingerprint density at radius 3 is 2.74 bits per heavy atom. The maximum atomic E-state index is 12.5. The highest BCUT2D eigenvalue weighted by Crippen LogP contribution is 2.24. The van der Waals surface area contributed by atoms with E-state index in [1.54, 1.807) is 18.5 Å². The first-order valence-electron chi connectivity index (χ1n) is 6.74. The number of aliphatic hydroxyl groups is 1. The zero-order valence-electron chi connectivity index (χ0n) is 10.9. The molecule has 0 unspecified atom stereocenters. The molecule has 1 aromatic heterocycles. The van der Waals surface area contributed by atoms with E-state index in [0.29, 0.717) is 12.1 Å². The van der Waals surface area contributed by atoms with Crippen molar-refractivity contribution in [2.45, 2.75) is 38.1 Å². The predicted octanol–water partition coefficient (Wildman–Crippen LogP) is 2.61. The Hall–Kier alpha value is -0.940. The van der Waals surface area contributed by atoms with E-state index in [9.17, 15) is 9.90 Å². The largest absolute Gasteiger partial charge is 0.395 e. The Balaban J connectivity index is 2.15. The summed E-state index contributed by atoms with van der Waals surface area (Å²) in [7, 11) is 0. The molecule has 1 heterocycles. The quantitative estimate of drug-likeness (QED) is 0.925. The Bertz CT molecular complexity index is 433. The summed E-state index contributed by atoms with van der Waals surface area (Å²) in [6.45, 7) is 0.402. The fourth-order valence-electron chi connectivity index (χ4n) is 2.65. The van der Waals surface area contributed by atoms with Gasteiger partial charge in [0.15, 0.2) is 0 Å². The minimum atomic E-state index is -0.0326. The van der Waals surface area contributed by atoms with E-state index in [0.717, 1.165) is 30.2 Å². The van der Waals surface area contributed by atoms with Gasteiger partial charge in [0, 0.05) is 29.5 Å². The lowest BCUT2D eigenvalue weighted by Crippen LogP contribution is -2.43. The average molecular weight is 327 g/mol. The number of amides is 1. The van der Waals surface area contributed by atoms with Gasteiger partial charge in [-0.2, -0.15) is 0 Å². The Labute approximate surface area is 122 Å². The Morgan fingerprint density at radius 1 is 1.37 bits per heavy atom. The van der Waals surface area contributed by atoms with Gasteiger partial charge in [0.1, 0.15) is 0 Å². The number of hydrogen-bond donors (Lipinski definition) is 1. The van der Waals surface area contributed by atoms with Gasteiger partial charge in [-0.15, -0.1) is 0 Å². The van der Waals surface area contributed by atoms with Gasteiger partial charge in [-0.25, -0.2) is 0 Å². The van der Waals surface area contributed by atoms with Crippen molar-refractivity contribution in [2.75, 3.05) is 13.2 Å². The zero-order chi connectivity index (χ0) is 13.7. The fourth-order valence-corrected chi connectivity index (χ4v) is 3.01. The summed E-state index contributed by atoms with van der Waals surface area (Å²) in [5, 5.41) is 9.20. The number of pyridine rings is 1. The van der Waals surface area contributed by atoms with Crippen LogP contribution in [0.15, 0.2) is 22.9 Å². The lowest BCUT2D eigenvalue weighted by molar-refractivity contribution is 0.0585. The number of hydrogen-bond acceptors (Lipinski definition) is 3. The van der Waals surface area contributed by atoms with E-state index < -0.39 is 0 Å². The molecule has 4 nitrogen and oxygen atoms in total. The molecule has 0 atom stereocenters. The fraction of sp³-hybridized carbons (Fsp3) is 0.571. The molecule has 0 saturated heterocycles. The van der Waals surface area contributed by atoms with Gasteiger partial charge < -0.3 is 10.0 Å². The number of aliphatic hydroxyl groups excluding tert-OH is 1. The second kappa shape index (κ2) is 7.01. The molecule has 0 bridgehead atoms. The number of carbonyl (C=O) groups is 1. The number of carbonyl (C=O) groups excluding carboxylic acids is 1. The highest BCUT2D eigenvalue weighted by molar-refractivity contribution is 9.10. The molecule has 1 aromatic rings. The van der Waals surface area contributed by atoms with Crippen molar-refractivity contribution in [1.29, 1.82) is 0 Å². The van der Waals surface area contributed by atoms with Crippen molar-refractivity contribution in [3.05, 3.63) is 28.5 Å². The third kappa shape index (κ3) is 3.76. The number of halogens is 1. The number of aromatic nitrogens is 1. The molecule has 1 amide bonds. The minimum absolute atomic E-state index is 0.00364. The van der Waals surface area contributed by atoms with Gasteiger partial charge in [0.25, 0.3) is 5.91 Å². The first-order chi connectivity index (χ1) is 9.22. The van der Waals surface area contributed by atoms with E-state index in [4.69, 9.17) is 0 Å². The molecule has 1 aliphatic rings.